The molecule has 7 heteroatoms. The molecule has 0 bridgehead atoms. The highest BCUT2D eigenvalue weighted by molar-refractivity contribution is 6.31. The van der Waals surface area contributed by atoms with E-state index in [2.05, 4.69) is 4.99 Å². The number of halogens is 4. The third-order valence-electron chi connectivity index (χ3n) is 4.72. The van der Waals surface area contributed by atoms with E-state index >= 15 is 0 Å². The Kier molecular flexibility index (Phi) is 3.99. The van der Waals surface area contributed by atoms with E-state index in [0.29, 0.717) is 29.1 Å². The van der Waals surface area contributed by atoms with Crippen molar-refractivity contribution in [3.8, 4) is 0 Å². The van der Waals surface area contributed by atoms with Crippen molar-refractivity contribution in [2.45, 2.75) is 43.3 Å². The van der Waals surface area contributed by atoms with Gasteiger partial charge < -0.3 is 10.6 Å². The molecule has 2 aliphatic carbocycles. The van der Waals surface area contributed by atoms with E-state index in [9.17, 15) is 13.2 Å². The summed E-state index contributed by atoms with van der Waals surface area (Å²) < 4.78 is 38.8. The van der Waals surface area contributed by atoms with Gasteiger partial charge in [0.2, 0.25) is 0 Å². The van der Waals surface area contributed by atoms with Crippen molar-refractivity contribution in [3.63, 3.8) is 0 Å². The zero-order valence-corrected chi connectivity index (χ0v) is 13.6. The number of rotatable bonds is 4. The molecule has 23 heavy (non-hydrogen) atoms. The molecule has 0 radical (unpaired) electrons. The second-order valence-corrected chi connectivity index (χ2v) is 6.90. The molecule has 0 aromatic heterocycles. The molecule has 126 valence electrons. The lowest BCUT2D eigenvalue weighted by Gasteiger charge is -2.20. The summed E-state index contributed by atoms with van der Waals surface area (Å²) in [6.07, 6.45) is -0.603. The zero-order valence-electron chi connectivity index (χ0n) is 12.8. The van der Waals surface area contributed by atoms with E-state index in [4.69, 9.17) is 17.3 Å². The van der Waals surface area contributed by atoms with E-state index in [-0.39, 0.29) is 0 Å². The number of hydrogen-bond acceptors (Lipinski definition) is 1. The van der Waals surface area contributed by atoms with Crippen molar-refractivity contribution in [2.24, 2.45) is 10.7 Å². The predicted molar refractivity (Wildman–Crippen MR) is 84.6 cm³/mol. The maximum Gasteiger partial charge on any atom is 0.416 e. The number of benzene rings is 1. The van der Waals surface area contributed by atoms with Crippen LogP contribution in [0.5, 0.6) is 0 Å². The van der Waals surface area contributed by atoms with Crippen LogP contribution in [0.1, 0.15) is 36.8 Å². The molecular formula is C16H19ClF3N3. The van der Waals surface area contributed by atoms with Gasteiger partial charge in [0.25, 0.3) is 0 Å². The summed E-state index contributed by atoms with van der Waals surface area (Å²) in [5.41, 5.74) is 5.42. The molecule has 0 unspecified atom stereocenters. The van der Waals surface area contributed by atoms with Gasteiger partial charge in [0.1, 0.15) is 0 Å². The summed E-state index contributed by atoms with van der Waals surface area (Å²) in [5.74, 6) is 0.446. The van der Waals surface area contributed by atoms with E-state index in [1.165, 1.54) is 6.07 Å². The number of nitrogens with zero attached hydrogens (tertiary/aromatic N) is 2. The molecule has 2 N–H and O–H groups in total. The average molecular weight is 346 g/mol. The van der Waals surface area contributed by atoms with Crippen LogP contribution in [-0.4, -0.2) is 30.5 Å². The fourth-order valence-corrected chi connectivity index (χ4v) is 3.08. The number of guanidine groups is 1. The Labute approximate surface area is 138 Å². The van der Waals surface area contributed by atoms with Crippen LogP contribution in [0.25, 0.3) is 0 Å². The smallest absolute Gasteiger partial charge is 0.370 e. The van der Waals surface area contributed by atoms with Crippen LogP contribution >= 0.6 is 11.6 Å². The molecule has 2 aliphatic rings. The molecule has 0 heterocycles. The first-order valence-corrected chi connectivity index (χ1v) is 8.01. The summed E-state index contributed by atoms with van der Waals surface area (Å²) in [7, 11) is 1.90. The molecule has 1 aromatic rings. The van der Waals surface area contributed by atoms with Crippen LogP contribution in [-0.2, 0) is 11.6 Å². The van der Waals surface area contributed by atoms with Gasteiger partial charge in [0, 0.05) is 23.5 Å². The highest BCUT2D eigenvalue weighted by Gasteiger charge is 2.46. The second kappa shape index (κ2) is 5.58. The van der Waals surface area contributed by atoms with Gasteiger partial charge in [-0.15, -0.1) is 0 Å². The lowest BCUT2D eigenvalue weighted by Crippen LogP contribution is -2.36. The Balaban J connectivity index is 1.81. The van der Waals surface area contributed by atoms with E-state index in [0.717, 1.165) is 37.8 Å². The highest BCUT2D eigenvalue weighted by Crippen LogP contribution is 2.51. The van der Waals surface area contributed by atoms with Crippen molar-refractivity contribution >= 4 is 17.6 Å². The lowest BCUT2D eigenvalue weighted by atomic mass is 9.94. The van der Waals surface area contributed by atoms with E-state index in [1.54, 1.807) is 0 Å². The minimum atomic E-state index is -4.37. The lowest BCUT2D eigenvalue weighted by molar-refractivity contribution is -0.137. The summed E-state index contributed by atoms with van der Waals surface area (Å²) in [6.45, 7) is 0.372. The van der Waals surface area contributed by atoms with Crippen molar-refractivity contribution in [1.82, 2.24) is 4.90 Å². The summed E-state index contributed by atoms with van der Waals surface area (Å²) in [4.78, 5) is 6.34. The second-order valence-electron chi connectivity index (χ2n) is 6.49. The number of hydrogen-bond donors (Lipinski definition) is 1. The number of nitrogens with two attached hydrogens (primary N) is 1. The van der Waals surface area contributed by atoms with Crippen LogP contribution in [0.2, 0.25) is 5.02 Å². The van der Waals surface area contributed by atoms with Crippen LogP contribution in [0.3, 0.4) is 0 Å². The van der Waals surface area contributed by atoms with Gasteiger partial charge in [-0.05, 0) is 49.4 Å². The monoisotopic (exact) mass is 345 g/mol. The van der Waals surface area contributed by atoms with Gasteiger partial charge in [-0.1, -0.05) is 11.6 Å². The first-order chi connectivity index (χ1) is 10.7. The Hall–Kier alpha value is -1.43. The largest absolute Gasteiger partial charge is 0.416 e. The molecule has 0 aliphatic heterocycles. The average Bonchev–Trinajstić information content (AvgIpc) is 3.37. The maximum absolute atomic E-state index is 12.9. The van der Waals surface area contributed by atoms with E-state index < -0.39 is 17.2 Å². The quantitative estimate of drug-likeness (QED) is 0.666. The van der Waals surface area contributed by atoms with Crippen LogP contribution in [0.15, 0.2) is 23.2 Å². The van der Waals surface area contributed by atoms with Gasteiger partial charge in [-0.25, -0.2) is 0 Å². The Morgan fingerprint density at radius 2 is 2.04 bits per heavy atom. The third kappa shape index (κ3) is 3.42. The van der Waals surface area contributed by atoms with Crippen molar-refractivity contribution in [2.75, 3.05) is 13.6 Å². The first-order valence-electron chi connectivity index (χ1n) is 7.63. The standard InChI is InChI=1S/C16H19ClF3N3/c1-23(11-3-4-11)14(21)22-9-15(6-7-15)12-8-10(16(18,19)20)2-5-13(12)17/h2,5,8,11H,3-4,6-7,9H2,1H3,(H2,21,22). The van der Waals surface area contributed by atoms with Crippen molar-refractivity contribution in [3.05, 3.63) is 34.3 Å². The fourth-order valence-electron chi connectivity index (χ4n) is 2.76. The molecule has 0 atom stereocenters. The predicted octanol–water partition coefficient (Wildman–Crippen LogP) is 3.80. The summed E-state index contributed by atoms with van der Waals surface area (Å²) >= 11 is 6.15. The number of alkyl halides is 3. The molecule has 2 saturated carbocycles. The Morgan fingerprint density at radius 1 is 1.39 bits per heavy atom. The number of aliphatic imine (C=N–C) groups is 1. The topological polar surface area (TPSA) is 41.6 Å². The minimum Gasteiger partial charge on any atom is -0.370 e. The van der Waals surface area contributed by atoms with Crippen molar-refractivity contribution in [1.29, 1.82) is 0 Å². The SMILES string of the molecule is CN(C(N)=NCC1(c2cc(C(F)(F)F)ccc2Cl)CC1)C1CC1. The minimum absolute atomic E-state index is 0.361. The molecule has 0 spiro atoms. The van der Waals surface area contributed by atoms with Gasteiger partial charge in [-0.2, -0.15) is 13.2 Å². The Bertz CT molecular complexity index is 634. The first kappa shape index (κ1) is 16.4. The fraction of sp³-hybridized carbons (Fsp3) is 0.562. The van der Waals surface area contributed by atoms with Gasteiger partial charge in [0.05, 0.1) is 12.1 Å². The van der Waals surface area contributed by atoms with Crippen LogP contribution in [0, 0.1) is 0 Å². The molecule has 0 saturated heterocycles. The van der Waals surface area contributed by atoms with Gasteiger partial charge in [0.15, 0.2) is 5.96 Å². The normalized spacial score (nSPS) is 20.5. The summed E-state index contributed by atoms with van der Waals surface area (Å²) in [5, 5.41) is 0.361. The van der Waals surface area contributed by atoms with Gasteiger partial charge in [-0.3, -0.25) is 4.99 Å². The van der Waals surface area contributed by atoms with Crippen LogP contribution < -0.4 is 5.73 Å². The molecular weight excluding hydrogens is 327 g/mol. The van der Waals surface area contributed by atoms with Crippen LogP contribution in [0.4, 0.5) is 13.2 Å². The third-order valence-corrected chi connectivity index (χ3v) is 5.05. The van der Waals surface area contributed by atoms with Gasteiger partial charge >= 0.3 is 6.18 Å². The molecule has 3 rings (SSSR count). The zero-order chi connectivity index (χ0) is 16.8. The van der Waals surface area contributed by atoms with Crippen molar-refractivity contribution < 1.29 is 13.2 Å². The molecule has 0 amide bonds. The highest BCUT2D eigenvalue weighted by atomic mass is 35.5. The maximum atomic E-state index is 12.9. The molecule has 2 fully saturated rings. The summed E-state index contributed by atoms with van der Waals surface area (Å²) in [6, 6.07) is 3.95. The molecule has 1 aromatic carbocycles. The molecule has 3 nitrogen and oxygen atoms in total. The Morgan fingerprint density at radius 3 is 2.57 bits per heavy atom. The van der Waals surface area contributed by atoms with E-state index in [1.807, 2.05) is 11.9 Å².